The van der Waals surface area contributed by atoms with Crippen molar-refractivity contribution in [2.24, 2.45) is 0 Å². The van der Waals surface area contributed by atoms with Crippen LogP contribution in [0.25, 0.3) is 0 Å². The van der Waals surface area contributed by atoms with Crippen molar-refractivity contribution in [1.82, 2.24) is 9.21 Å². The lowest BCUT2D eigenvalue weighted by Crippen LogP contribution is -2.51. The molecule has 156 valence electrons. The van der Waals surface area contributed by atoms with Gasteiger partial charge in [-0.15, -0.1) is 0 Å². The van der Waals surface area contributed by atoms with Gasteiger partial charge in [0.2, 0.25) is 10.0 Å². The van der Waals surface area contributed by atoms with Crippen molar-refractivity contribution in [1.29, 1.82) is 0 Å². The van der Waals surface area contributed by atoms with Crippen molar-refractivity contribution >= 4 is 39.1 Å². The number of hydrogen-bond acceptors (Lipinski definition) is 4. The molecule has 1 saturated heterocycles. The minimum absolute atomic E-state index is 0.0533. The second-order valence-corrected chi connectivity index (χ2v) is 8.89. The van der Waals surface area contributed by atoms with Crippen molar-refractivity contribution in [2.45, 2.75) is 4.90 Å². The summed E-state index contributed by atoms with van der Waals surface area (Å²) in [4.78, 5) is 13.6. The molecule has 1 aliphatic heterocycles. The highest BCUT2D eigenvalue weighted by atomic mass is 35.5. The van der Waals surface area contributed by atoms with Crippen LogP contribution in [0.15, 0.2) is 41.3 Å². The van der Waals surface area contributed by atoms with E-state index in [0.29, 0.717) is 6.07 Å². The average molecular weight is 465 g/mol. The molecule has 1 heterocycles. The molecule has 0 spiro atoms. The minimum Gasteiger partial charge on any atom is -0.481 e. The summed E-state index contributed by atoms with van der Waals surface area (Å²) >= 11 is 11.9. The number of benzene rings is 2. The number of ether oxygens (including phenoxy) is 1. The molecule has 0 aromatic heterocycles. The fourth-order valence-electron chi connectivity index (χ4n) is 2.82. The van der Waals surface area contributed by atoms with E-state index in [1.807, 2.05) is 0 Å². The molecule has 29 heavy (non-hydrogen) atoms. The molecule has 0 radical (unpaired) electrons. The van der Waals surface area contributed by atoms with Crippen LogP contribution in [0.3, 0.4) is 0 Å². The first-order valence-electron chi connectivity index (χ1n) is 8.50. The number of halogens is 4. The summed E-state index contributed by atoms with van der Waals surface area (Å²) in [5.41, 5.74) is 0. The van der Waals surface area contributed by atoms with E-state index in [9.17, 15) is 22.0 Å². The number of carbonyl (C=O) groups excluding carboxylic acids is 1. The third-order valence-corrected chi connectivity index (χ3v) is 7.24. The second kappa shape index (κ2) is 8.83. The molecule has 0 unspecified atom stereocenters. The van der Waals surface area contributed by atoms with Crippen molar-refractivity contribution in [3.8, 4) is 5.75 Å². The Labute approximate surface area is 176 Å². The fourth-order valence-corrected chi connectivity index (χ4v) is 4.98. The lowest BCUT2D eigenvalue weighted by Gasteiger charge is -2.34. The molecule has 1 amide bonds. The van der Waals surface area contributed by atoms with Gasteiger partial charge in [-0.2, -0.15) is 4.31 Å². The topological polar surface area (TPSA) is 66.9 Å². The highest BCUT2D eigenvalue weighted by molar-refractivity contribution is 7.89. The van der Waals surface area contributed by atoms with Crippen LogP contribution in [-0.2, 0) is 14.8 Å². The van der Waals surface area contributed by atoms with E-state index in [0.717, 1.165) is 12.1 Å². The van der Waals surface area contributed by atoms with E-state index >= 15 is 0 Å². The van der Waals surface area contributed by atoms with E-state index < -0.39 is 34.2 Å². The molecule has 2 aromatic rings. The first-order chi connectivity index (χ1) is 13.7. The first kappa shape index (κ1) is 21.8. The summed E-state index contributed by atoms with van der Waals surface area (Å²) < 4.78 is 58.4. The molecule has 0 bridgehead atoms. The van der Waals surface area contributed by atoms with E-state index in [2.05, 4.69) is 0 Å². The van der Waals surface area contributed by atoms with Crippen LogP contribution in [0.5, 0.6) is 5.75 Å². The normalized spacial score (nSPS) is 15.4. The largest absolute Gasteiger partial charge is 0.481 e. The smallest absolute Gasteiger partial charge is 0.260 e. The highest BCUT2D eigenvalue weighted by Gasteiger charge is 2.32. The summed E-state index contributed by atoms with van der Waals surface area (Å²) in [6.07, 6.45) is 0. The predicted octanol–water partition coefficient (Wildman–Crippen LogP) is 3.18. The van der Waals surface area contributed by atoms with Gasteiger partial charge in [0, 0.05) is 32.2 Å². The average Bonchev–Trinajstić information content (AvgIpc) is 2.69. The number of hydrogen-bond donors (Lipinski definition) is 0. The maximum atomic E-state index is 13.6. The van der Waals surface area contributed by atoms with Gasteiger partial charge in [-0.25, -0.2) is 17.2 Å². The Bertz CT molecular complexity index is 1030. The van der Waals surface area contributed by atoms with Gasteiger partial charge in [-0.05, 0) is 24.3 Å². The van der Waals surface area contributed by atoms with E-state index in [4.69, 9.17) is 27.9 Å². The van der Waals surface area contributed by atoms with Crippen LogP contribution in [0.2, 0.25) is 10.0 Å². The van der Waals surface area contributed by atoms with Gasteiger partial charge in [0.1, 0.15) is 10.7 Å². The second-order valence-electron chi connectivity index (χ2n) is 6.20. The standard InChI is InChI=1S/C18H16Cl2F2N2O4S/c19-13-2-1-3-16(18(13)20)29(26,27)24-8-6-23(7-9-24)17(25)11-28-15-5-4-12(21)10-14(15)22/h1-5,10H,6-9,11H2. The van der Waals surface area contributed by atoms with E-state index in [-0.39, 0.29) is 46.9 Å². The van der Waals surface area contributed by atoms with E-state index in [1.165, 1.54) is 27.4 Å². The molecule has 0 atom stereocenters. The summed E-state index contributed by atoms with van der Waals surface area (Å²) in [5, 5.41) is 0.0779. The zero-order valence-electron chi connectivity index (χ0n) is 14.9. The summed E-state index contributed by atoms with van der Waals surface area (Å²) in [6.45, 7) is -0.0733. The molecule has 6 nitrogen and oxygen atoms in total. The Morgan fingerprint density at radius 1 is 1.07 bits per heavy atom. The third-order valence-electron chi connectivity index (χ3n) is 4.37. The maximum Gasteiger partial charge on any atom is 0.260 e. The molecule has 0 aliphatic carbocycles. The molecule has 0 N–H and O–H groups in total. The molecular weight excluding hydrogens is 449 g/mol. The Hall–Kier alpha value is -1.94. The Morgan fingerprint density at radius 3 is 2.41 bits per heavy atom. The van der Waals surface area contributed by atoms with Crippen LogP contribution in [0.4, 0.5) is 8.78 Å². The molecular formula is C18H16Cl2F2N2O4S. The monoisotopic (exact) mass is 464 g/mol. The summed E-state index contributed by atoms with van der Waals surface area (Å²) in [7, 11) is -3.87. The zero-order valence-corrected chi connectivity index (χ0v) is 17.3. The molecule has 3 rings (SSSR count). The maximum absolute atomic E-state index is 13.6. The number of nitrogens with zero attached hydrogens (tertiary/aromatic N) is 2. The molecule has 2 aromatic carbocycles. The highest BCUT2D eigenvalue weighted by Crippen LogP contribution is 2.31. The van der Waals surface area contributed by atoms with Gasteiger partial charge in [-0.1, -0.05) is 29.3 Å². The lowest BCUT2D eigenvalue weighted by molar-refractivity contribution is -0.134. The molecule has 11 heteroatoms. The van der Waals surface area contributed by atoms with E-state index in [1.54, 1.807) is 0 Å². The first-order valence-corrected chi connectivity index (χ1v) is 10.7. The Morgan fingerprint density at radius 2 is 1.76 bits per heavy atom. The lowest BCUT2D eigenvalue weighted by atomic mass is 10.3. The van der Waals surface area contributed by atoms with Gasteiger partial charge >= 0.3 is 0 Å². The van der Waals surface area contributed by atoms with Crippen LogP contribution in [0, 0.1) is 11.6 Å². The third kappa shape index (κ3) is 4.80. The fraction of sp³-hybridized carbons (Fsp3) is 0.278. The zero-order chi connectivity index (χ0) is 21.2. The van der Waals surface area contributed by atoms with Gasteiger partial charge < -0.3 is 9.64 Å². The molecule has 1 fully saturated rings. The van der Waals surface area contributed by atoms with Gasteiger partial charge in [0.25, 0.3) is 5.91 Å². The summed E-state index contributed by atoms with van der Waals surface area (Å²) in [6, 6.07) is 7.12. The van der Waals surface area contributed by atoms with Crippen molar-refractivity contribution in [2.75, 3.05) is 32.8 Å². The number of carbonyl (C=O) groups is 1. The van der Waals surface area contributed by atoms with Gasteiger partial charge in [0.05, 0.1) is 10.0 Å². The number of piperazine rings is 1. The number of amides is 1. The van der Waals surface area contributed by atoms with Crippen LogP contribution in [-0.4, -0.2) is 56.3 Å². The minimum atomic E-state index is -3.87. The van der Waals surface area contributed by atoms with Gasteiger partial charge in [-0.3, -0.25) is 4.79 Å². The van der Waals surface area contributed by atoms with Crippen molar-refractivity contribution in [3.05, 3.63) is 58.1 Å². The van der Waals surface area contributed by atoms with Gasteiger partial charge in [0.15, 0.2) is 18.2 Å². The number of sulfonamides is 1. The Balaban J connectivity index is 1.59. The SMILES string of the molecule is O=C(COc1ccc(F)cc1F)N1CCN(S(=O)(=O)c2cccc(Cl)c2Cl)CC1. The van der Waals surface area contributed by atoms with Crippen molar-refractivity contribution < 1.29 is 26.7 Å². The quantitative estimate of drug-likeness (QED) is 0.681. The van der Waals surface area contributed by atoms with Crippen LogP contribution in [0.1, 0.15) is 0 Å². The molecule has 0 saturated carbocycles. The number of rotatable bonds is 5. The molecule has 1 aliphatic rings. The van der Waals surface area contributed by atoms with Crippen LogP contribution >= 0.6 is 23.2 Å². The Kier molecular flexibility index (Phi) is 6.62. The van der Waals surface area contributed by atoms with Crippen molar-refractivity contribution in [3.63, 3.8) is 0 Å². The van der Waals surface area contributed by atoms with Crippen LogP contribution < -0.4 is 4.74 Å². The summed E-state index contributed by atoms with van der Waals surface area (Å²) in [5.74, 6) is -2.34. The predicted molar refractivity (Wildman–Crippen MR) is 104 cm³/mol.